The summed E-state index contributed by atoms with van der Waals surface area (Å²) in [6.45, 7) is 2.27. The van der Waals surface area contributed by atoms with Crippen LogP contribution >= 0.6 is 15.9 Å². The zero-order valence-electron chi connectivity index (χ0n) is 8.20. The van der Waals surface area contributed by atoms with E-state index < -0.39 is 0 Å². The molecule has 1 aromatic carbocycles. The number of nitrogens with two attached hydrogens (primary N) is 1. The average molecular weight is 268 g/mol. The standard InChI is InChI=1S/C10H10BrN3O/c1-6-2-3-8(11)7(4-6)10-14-13-9(5-12)15-10/h2-4H,5,12H2,1H3. The van der Waals surface area contributed by atoms with Crippen molar-refractivity contribution in [1.29, 1.82) is 0 Å². The van der Waals surface area contributed by atoms with Crippen molar-refractivity contribution in [2.45, 2.75) is 13.5 Å². The Morgan fingerprint density at radius 3 is 2.87 bits per heavy atom. The predicted octanol–water partition coefficient (Wildman–Crippen LogP) is 2.27. The van der Waals surface area contributed by atoms with Crippen molar-refractivity contribution in [2.24, 2.45) is 5.73 Å². The first-order valence-electron chi connectivity index (χ1n) is 4.49. The number of aryl methyl sites for hydroxylation is 1. The molecule has 1 aromatic heterocycles. The summed E-state index contributed by atoms with van der Waals surface area (Å²) in [4.78, 5) is 0. The lowest BCUT2D eigenvalue weighted by Gasteiger charge is -2.00. The number of halogens is 1. The second kappa shape index (κ2) is 4.12. The maximum absolute atomic E-state index is 5.40. The molecule has 0 unspecified atom stereocenters. The molecule has 0 radical (unpaired) electrons. The van der Waals surface area contributed by atoms with Crippen LogP contribution in [0, 0.1) is 6.92 Å². The first-order chi connectivity index (χ1) is 7.20. The summed E-state index contributed by atoms with van der Waals surface area (Å²) in [5.41, 5.74) is 7.43. The molecule has 2 aromatic rings. The minimum atomic E-state index is 0.260. The molecule has 0 aliphatic rings. The maximum Gasteiger partial charge on any atom is 0.248 e. The molecule has 2 N–H and O–H groups in total. The molecule has 4 nitrogen and oxygen atoms in total. The van der Waals surface area contributed by atoms with Gasteiger partial charge in [-0.2, -0.15) is 0 Å². The van der Waals surface area contributed by atoms with Gasteiger partial charge in [0, 0.05) is 4.47 Å². The SMILES string of the molecule is Cc1ccc(Br)c(-c2nnc(CN)o2)c1. The molecule has 0 amide bonds. The van der Waals surface area contributed by atoms with Crippen LogP contribution < -0.4 is 5.73 Å². The average Bonchev–Trinajstić information content (AvgIpc) is 2.70. The van der Waals surface area contributed by atoms with Gasteiger partial charge in [0.2, 0.25) is 11.8 Å². The summed E-state index contributed by atoms with van der Waals surface area (Å²) in [5.74, 6) is 0.935. The molecule has 0 aliphatic carbocycles. The molecule has 5 heteroatoms. The highest BCUT2D eigenvalue weighted by Crippen LogP contribution is 2.27. The van der Waals surface area contributed by atoms with E-state index in [0.717, 1.165) is 15.6 Å². The minimum absolute atomic E-state index is 0.260. The van der Waals surface area contributed by atoms with Gasteiger partial charge in [0.15, 0.2) is 0 Å². The van der Waals surface area contributed by atoms with E-state index in [1.807, 2.05) is 25.1 Å². The van der Waals surface area contributed by atoms with Gasteiger partial charge >= 0.3 is 0 Å². The molecule has 15 heavy (non-hydrogen) atoms. The topological polar surface area (TPSA) is 64.9 Å². The van der Waals surface area contributed by atoms with E-state index in [-0.39, 0.29) is 6.54 Å². The summed E-state index contributed by atoms with van der Waals surface area (Å²) in [7, 11) is 0. The van der Waals surface area contributed by atoms with Crippen LogP contribution in [0.2, 0.25) is 0 Å². The molecule has 0 saturated heterocycles. The van der Waals surface area contributed by atoms with Gasteiger partial charge in [0.1, 0.15) is 0 Å². The van der Waals surface area contributed by atoms with Gasteiger partial charge in [-0.1, -0.05) is 11.6 Å². The van der Waals surface area contributed by atoms with Crippen molar-refractivity contribution in [1.82, 2.24) is 10.2 Å². The van der Waals surface area contributed by atoms with Gasteiger partial charge in [-0.15, -0.1) is 10.2 Å². The van der Waals surface area contributed by atoms with E-state index in [4.69, 9.17) is 10.2 Å². The van der Waals surface area contributed by atoms with E-state index in [1.54, 1.807) is 0 Å². The van der Waals surface area contributed by atoms with Crippen LogP contribution in [-0.2, 0) is 6.54 Å². The molecule has 0 aliphatic heterocycles. The maximum atomic E-state index is 5.40. The summed E-state index contributed by atoms with van der Waals surface area (Å²) < 4.78 is 6.31. The first kappa shape index (κ1) is 10.3. The second-order valence-electron chi connectivity index (χ2n) is 3.19. The summed E-state index contributed by atoms with van der Waals surface area (Å²) in [6, 6.07) is 5.95. The Kier molecular flexibility index (Phi) is 2.83. The quantitative estimate of drug-likeness (QED) is 0.907. The highest BCUT2D eigenvalue weighted by molar-refractivity contribution is 9.10. The summed E-state index contributed by atoms with van der Waals surface area (Å²) in [6.07, 6.45) is 0. The van der Waals surface area contributed by atoms with Crippen molar-refractivity contribution in [2.75, 3.05) is 0 Å². The fourth-order valence-corrected chi connectivity index (χ4v) is 1.66. The summed E-state index contributed by atoms with van der Waals surface area (Å²) >= 11 is 3.44. The number of hydrogen-bond acceptors (Lipinski definition) is 4. The molecule has 0 fully saturated rings. The van der Waals surface area contributed by atoms with Gasteiger partial charge in [0.05, 0.1) is 12.1 Å². The third-order valence-corrected chi connectivity index (χ3v) is 2.69. The van der Waals surface area contributed by atoms with E-state index in [2.05, 4.69) is 26.1 Å². The number of hydrogen-bond donors (Lipinski definition) is 1. The summed E-state index contributed by atoms with van der Waals surface area (Å²) in [5, 5.41) is 7.75. The highest BCUT2D eigenvalue weighted by atomic mass is 79.9. The smallest absolute Gasteiger partial charge is 0.248 e. The van der Waals surface area contributed by atoms with Crippen molar-refractivity contribution >= 4 is 15.9 Å². The third-order valence-electron chi connectivity index (χ3n) is 1.99. The Morgan fingerprint density at radius 2 is 2.20 bits per heavy atom. The van der Waals surface area contributed by atoms with Gasteiger partial charge in [-0.3, -0.25) is 0 Å². The lowest BCUT2D eigenvalue weighted by atomic mass is 10.1. The van der Waals surface area contributed by atoms with Crippen molar-refractivity contribution in [3.05, 3.63) is 34.1 Å². The van der Waals surface area contributed by atoms with Gasteiger partial charge in [0.25, 0.3) is 0 Å². The van der Waals surface area contributed by atoms with E-state index in [9.17, 15) is 0 Å². The number of nitrogens with zero attached hydrogens (tertiary/aromatic N) is 2. The highest BCUT2D eigenvalue weighted by Gasteiger charge is 2.10. The normalized spacial score (nSPS) is 10.6. The Balaban J connectivity index is 2.48. The van der Waals surface area contributed by atoms with Crippen LogP contribution in [0.25, 0.3) is 11.5 Å². The molecule has 2 rings (SSSR count). The van der Waals surface area contributed by atoms with Crippen molar-refractivity contribution < 1.29 is 4.42 Å². The van der Waals surface area contributed by atoms with Crippen molar-refractivity contribution in [3.63, 3.8) is 0 Å². The van der Waals surface area contributed by atoms with E-state index in [0.29, 0.717) is 11.8 Å². The van der Waals surface area contributed by atoms with Crippen LogP contribution in [-0.4, -0.2) is 10.2 Å². The van der Waals surface area contributed by atoms with Crippen LogP contribution in [0.4, 0.5) is 0 Å². The minimum Gasteiger partial charge on any atom is -0.419 e. The number of aromatic nitrogens is 2. The molecule has 78 valence electrons. The largest absolute Gasteiger partial charge is 0.419 e. The first-order valence-corrected chi connectivity index (χ1v) is 5.29. The second-order valence-corrected chi connectivity index (χ2v) is 4.04. The molecular formula is C10H10BrN3O. The fraction of sp³-hybridized carbons (Fsp3) is 0.200. The van der Waals surface area contributed by atoms with Gasteiger partial charge in [-0.25, -0.2) is 0 Å². The Morgan fingerprint density at radius 1 is 1.40 bits per heavy atom. The Hall–Kier alpha value is -1.20. The monoisotopic (exact) mass is 267 g/mol. The lowest BCUT2D eigenvalue weighted by Crippen LogP contribution is -1.95. The Bertz CT molecular complexity index is 481. The molecule has 0 atom stereocenters. The van der Waals surface area contributed by atoms with Gasteiger partial charge < -0.3 is 10.2 Å². The fourth-order valence-electron chi connectivity index (χ4n) is 1.25. The predicted molar refractivity (Wildman–Crippen MR) is 60.1 cm³/mol. The zero-order chi connectivity index (χ0) is 10.8. The lowest BCUT2D eigenvalue weighted by molar-refractivity contribution is 0.508. The Labute approximate surface area is 95.6 Å². The molecule has 0 bridgehead atoms. The molecule has 0 spiro atoms. The third kappa shape index (κ3) is 2.08. The van der Waals surface area contributed by atoms with Crippen LogP contribution in [0.3, 0.4) is 0 Å². The molecule has 0 saturated carbocycles. The van der Waals surface area contributed by atoms with Crippen LogP contribution in [0.5, 0.6) is 0 Å². The van der Waals surface area contributed by atoms with E-state index >= 15 is 0 Å². The number of rotatable bonds is 2. The van der Waals surface area contributed by atoms with Crippen LogP contribution in [0.15, 0.2) is 27.1 Å². The van der Waals surface area contributed by atoms with Crippen LogP contribution in [0.1, 0.15) is 11.5 Å². The van der Waals surface area contributed by atoms with E-state index in [1.165, 1.54) is 0 Å². The van der Waals surface area contributed by atoms with Crippen molar-refractivity contribution in [3.8, 4) is 11.5 Å². The zero-order valence-corrected chi connectivity index (χ0v) is 9.78. The molecular weight excluding hydrogens is 258 g/mol. The van der Waals surface area contributed by atoms with Gasteiger partial charge in [-0.05, 0) is 35.0 Å². The number of benzene rings is 1. The molecule has 1 heterocycles.